The molecule has 1 aromatic carbocycles. The molecule has 3 aromatic rings. The highest BCUT2D eigenvalue weighted by molar-refractivity contribution is 7.20. The van der Waals surface area contributed by atoms with E-state index in [2.05, 4.69) is 15.4 Å². The first kappa shape index (κ1) is 19.9. The van der Waals surface area contributed by atoms with E-state index in [1.54, 1.807) is 12.1 Å². The van der Waals surface area contributed by atoms with Crippen molar-refractivity contribution in [2.75, 3.05) is 5.32 Å². The summed E-state index contributed by atoms with van der Waals surface area (Å²) in [5.74, 6) is 0.0916. The molecule has 0 saturated heterocycles. The molecule has 0 aliphatic heterocycles. The van der Waals surface area contributed by atoms with Crippen LogP contribution >= 0.6 is 11.3 Å². The molecular weight excluding hydrogens is 401 g/mol. The summed E-state index contributed by atoms with van der Waals surface area (Å²) >= 11 is 1.32. The first-order chi connectivity index (χ1) is 13.8. The number of aromatic nitrogens is 3. The summed E-state index contributed by atoms with van der Waals surface area (Å²) < 4.78 is 39.9. The largest absolute Gasteiger partial charge is 0.416 e. The minimum atomic E-state index is -4.33. The Labute approximate surface area is 169 Å². The Hall–Kier alpha value is -2.42. The molecule has 2 atom stereocenters. The van der Waals surface area contributed by atoms with E-state index in [0.717, 1.165) is 49.1 Å². The quantitative estimate of drug-likeness (QED) is 0.652. The van der Waals surface area contributed by atoms with Crippen molar-refractivity contribution in [3.63, 3.8) is 0 Å². The highest BCUT2D eigenvalue weighted by Crippen LogP contribution is 2.37. The zero-order chi connectivity index (χ0) is 20.6. The third-order valence-electron chi connectivity index (χ3n) is 5.40. The van der Waals surface area contributed by atoms with Crippen molar-refractivity contribution in [1.29, 1.82) is 0 Å². The second-order valence-electron chi connectivity index (χ2n) is 7.30. The number of rotatable bonds is 4. The molecule has 154 valence electrons. The van der Waals surface area contributed by atoms with Gasteiger partial charge in [-0.3, -0.25) is 4.79 Å². The molecule has 1 fully saturated rings. The van der Waals surface area contributed by atoms with Gasteiger partial charge in [0.05, 0.1) is 5.56 Å². The summed E-state index contributed by atoms with van der Waals surface area (Å²) in [5, 5.41) is 8.37. The van der Waals surface area contributed by atoms with Crippen LogP contribution in [0.25, 0.3) is 4.96 Å². The van der Waals surface area contributed by atoms with E-state index in [4.69, 9.17) is 0 Å². The zero-order valence-corrected chi connectivity index (χ0v) is 16.7. The Morgan fingerprint density at radius 1 is 1.21 bits per heavy atom. The Morgan fingerprint density at radius 3 is 2.62 bits per heavy atom. The summed E-state index contributed by atoms with van der Waals surface area (Å²) in [6, 6.07) is 6.98. The van der Waals surface area contributed by atoms with Gasteiger partial charge in [-0.25, -0.2) is 4.98 Å². The maximum atomic E-state index is 12.9. The number of anilines is 1. The first-order valence-corrected chi connectivity index (χ1v) is 10.5. The predicted molar refractivity (Wildman–Crippen MR) is 107 cm³/mol. The first-order valence-electron chi connectivity index (χ1n) is 9.68. The van der Waals surface area contributed by atoms with Crippen LogP contribution in [0, 0.1) is 0 Å². The number of benzene rings is 1. The third-order valence-corrected chi connectivity index (χ3v) is 6.24. The van der Waals surface area contributed by atoms with Gasteiger partial charge in [-0.05, 0) is 37.0 Å². The van der Waals surface area contributed by atoms with Gasteiger partial charge in [-0.2, -0.15) is 17.7 Å². The average Bonchev–Trinajstić information content (AvgIpc) is 3.11. The van der Waals surface area contributed by atoms with E-state index in [0.29, 0.717) is 16.5 Å². The molecule has 0 radical (unpaired) electrons. The van der Waals surface area contributed by atoms with Crippen molar-refractivity contribution in [2.24, 2.45) is 0 Å². The molecule has 1 saturated carbocycles. The topological polar surface area (TPSA) is 59.3 Å². The fourth-order valence-electron chi connectivity index (χ4n) is 3.88. The summed E-state index contributed by atoms with van der Waals surface area (Å²) in [4.78, 5) is 17.2. The lowest BCUT2D eigenvalue weighted by atomic mass is 9.80. The van der Waals surface area contributed by atoms with Crippen molar-refractivity contribution in [2.45, 2.75) is 57.2 Å². The fraction of sp³-hybridized carbons (Fsp3) is 0.450. The summed E-state index contributed by atoms with van der Waals surface area (Å²) in [6.07, 6.45) is 0.199. The van der Waals surface area contributed by atoms with E-state index in [1.807, 2.05) is 6.92 Å². The van der Waals surface area contributed by atoms with Crippen LogP contribution < -0.4 is 10.9 Å². The Morgan fingerprint density at radius 2 is 1.93 bits per heavy atom. The second kappa shape index (κ2) is 7.78. The summed E-state index contributed by atoms with van der Waals surface area (Å²) in [5.41, 5.74) is 0.773. The van der Waals surface area contributed by atoms with Gasteiger partial charge in [-0.15, -0.1) is 5.10 Å². The molecule has 2 unspecified atom stereocenters. The molecule has 0 spiro atoms. The van der Waals surface area contributed by atoms with Crippen molar-refractivity contribution in [3.05, 3.63) is 57.5 Å². The lowest BCUT2D eigenvalue weighted by Gasteiger charge is -2.32. The number of aryl methyl sites for hydroxylation is 1. The van der Waals surface area contributed by atoms with Gasteiger partial charge in [-0.1, -0.05) is 43.2 Å². The SMILES string of the molecule is CCc1cc(=O)n2nc(NC3CCCCC3c3ccc(C(F)(F)F)cc3)sc2n1. The van der Waals surface area contributed by atoms with E-state index in [-0.39, 0.29) is 17.5 Å². The van der Waals surface area contributed by atoms with Crippen LogP contribution in [0.1, 0.15) is 55.3 Å². The fourth-order valence-corrected chi connectivity index (χ4v) is 4.76. The average molecular weight is 422 g/mol. The molecule has 0 bridgehead atoms. The number of hydrogen-bond donors (Lipinski definition) is 1. The Kier molecular flexibility index (Phi) is 5.33. The molecule has 2 aromatic heterocycles. The monoisotopic (exact) mass is 422 g/mol. The number of halogens is 3. The van der Waals surface area contributed by atoms with Crippen LogP contribution in [0.4, 0.5) is 18.3 Å². The summed E-state index contributed by atoms with van der Waals surface area (Å²) in [7, 11) is 0. The van der Waals surface area contributed by atoms with Crippen LogP contribution in [0.15, 0.2) is 35.1 Å². The molecule has 0 amide bonds. The van der Waals surface area contributed by atoms with Crippen LogP contribution in [-0.2, 0) is 12.6 Å². The van der Waals surface area contributed by atoms with Crippen molar-refractivity contribution in [1.82, 2.24) is 14.6 Å². The van der Waals surface area contributed by atoms with Crippen molar-refractivity contribution >= 4 is 21.4 Å². The van der Waals surface area contributed by atoms with Gasteiger partial charge in [0.2, 0.25) is 10.1 Å². The maximum absolute atomic E-state index is 12.9. The lowest BCUT2D eigenvalue weighted by Crippen LogP contribution is -2.30. The lowest BCUT2D eigenvalue weighted by molar-refractivity contribution is -0.137. The van der Waals surface area contributed by atoms with Crippen LogP contribution in [0.5, 0.6) is 0 Å². The minimum Gasteiger partial charge on any atom is -0.357 e. The maximum Gasteiger partial charge on any atom is 0.416 e. The van der Waals surface area contributed by atoms with Crippen LogP contribution in [0.2, 0.25) is 0 Å². The standard InChI is InChI=1S/C20H21F3N4OS/c1-2-14-11-17(28)27-19(24-14)29-18(26-27)25-16-6-4-3-5-15(16)12-7-9-13(10-8-12)20(21,22)23/h7-11,15-16H,2-6H2,1H3,(H,25,26). The number of alkyl halides is 3. The smallest absolute Gasteiger partial charge is 0.357 e. The van der Waals surface area contributed by atoms with Gasteiger partial charge < -0.3 is 5.32 Å². The normalized spacial score (nSPS) is 20.1. The summed E-state index contributed by atoms with van der Waals surface area (Å²) in [6.45, 7) is 1.94. The minimum absolute atomic E-state index is 0.0439. The van der Waals surface area contributed by atoms with Crippen LogP contribution in [-0.4, -0.2) is 20.6 Å². The molecule has 1 N–H and O–H groups in total. The van der Waals surface area contributed by atoms with Crippen LogP contribution in [0.3, 0.4) is 0 Å². The number of nitrogens with zero attached hydrogens (tertiary/aromatic N) is 3. The molecular formula is C20H21F3N4OS. The molecule has 1 aliphatic rings. The molecule has 2 heterocycles. The van der Waals surface area contributed by atoms with Gasteiger partial charge in [0, 0.05) is 23.7 Å². The molecule has 1 aliphatic carbocycles. The second-order valence-corrected chi connectivity index (χ2v) is 8.26. The zero-order valence-electron chi connectivity index (χ0n) is 15.9. The van der Waals surface area contributed by atoms with Gasteiger partial charge >= 0.3 is 6.18 Å². The van der Waals surface area contributed by atoms with E-state index >= 15 is 0 Å². The molecule has 29 heavy (non-hydrogen) atoms. The molecule has 9 heteroatoms. The molecule has 4 rings (SSSR count). The van der Waals surface area contributed by atoms with Crippen molar-refractivity contribution < 1.29 is 13.2 Å². The van der Waals surface area contributed by atoms with Gasteiger partial charge in [0.25, 0.3) is 5.56 Å². The number of nitrogens with one attached hydrogen (secondary N) is 1. The van der Waals surface area contributed by atoms with Gasteiger partial charge in [0.15, 0.2) is 0 Å². The number of hydrogen-bond acceptors (Lipinski definition) is 5. The number of fused-ring (bicyclic) bond motifs is 1. The van der Waals surface area contributed by atoms with E-state index < -0.39 is 11.7 Å². The van der Waals surface area contributed by atoms with E-state index in [1.165, 1.54) is 21.9 Å². The van der Waals surface area contributed by atoms with Crippen molar-refractivity contribution in [3.8, 4) is 0 Å². The molecule has 5 nitrogen and oxygen atoms in total. The van der Waals surface area contributed by atoms with E-state index in [9.17, 15) is 18.0 Å². The predicted octanol–water partition coefficient (Wildman–Crippen LogP) is 4.87. The highest BCUT2D eigenvalue weighted by atomic mass is 32.1. The third kappa shape index (κ3) is 4.14. The van der Waals surface area contributed by atoms with Gasteiger partial charge in [0.1, 0.15) is 0 Å². The Balaban J connectivity index is 1.59. The Bertz CT molecular complexity index is 1060. The highest BCUT2D eigenvalue weighted by Gasteiger charge is 2.32.